The summed E-state index contributed by atoms with van der Waals surface area (Å²) in [5.41, 5.74) is 2.29. The number of thiazole rings is 1. The van der Waals surface area contributed by atoms with E-state index < -0.39 is 0 Å². The highest BCUT2D eigenvalue weighted by Gasteiger charge is 2.16. The lowest BCUT2D eigenvalue weighted by atomic mass is 10.1. The van der Waals surface area contributed by atoms with Crippen molar-refractivity contribution in [3.63, 3.8) is 0 Å². The highest BCUT2D eigenvalue weighted by Crippen LogP contribution is 2.26. The maximum absolute atomic E-state index is 4.76. The number of hydrogen-bond acceptors (Lipinski definition) is 3. The van der Waals surface area contributed by atoms with Gasteiger partial charge in [0.1, 0.15) is 0 Å². The van der Waals surface area contributed by atoms with Crippen LogP contribution in [0.2, 0.25) is 0 Å². The van der Waals surface area contributed by atoms with E-state index in [1.54, 1.807) is 11.3 Å². The molecule has 4 heteroatoms. The van der Waals surface area contributed by atoms with Gasteiger partial charge in [0.15, 0.2) is 0 Å². The molecule has 0 spiro atoms. The SMILES string of the molecule is Brc1cccc(-c2csc(CC3CCNC3)n2)c1. The Morgan fingerprint density at radius 1 is 1.44 bits per heavy atom. The lowest BCUT2D eigenvalue weighted by Gasteiger charge is -2.03. The molecule has 1 fully saturated rings. The Morgan fingerprint density at radius 3 is 3.17 bits per heavy atom. The van der Waals surface area contributed by atoms with Gasteiger partial charge >= 0.3 is 0 Å². The van der Waals surface area contributed by atoms with Crippen molar-refractivity contribution in [3.8, 4) is 11.3 Å². The molecule has 1 aromatic carbocycles. The molecule has 0 radical (unpaired) electrons. The van der Waals surface area contributed by atoms with Gasteiger partial charge in [-0.1, -0.05) is 28.1 Å². The summed E-state index contributed by atoms with van der Waals surface area (Å²) in [6.07, 6.45) is 2.40. The third-order valence-electron chi connectivity index (χ3n) is 3.30. The summed E-state index contributed by atoms with van der Waals surface area (Å²) in [5.74, 6) is 0.770. The first kappa shape index (κ1) is 12.3. The fraction of sp³-hybridized carbons (Fsp3) is 0.357. The molecular formula is C14H15BrN2S. The monoisotopic (exact) mass is 322 g/mol. The van der Waals surface area contributed by atoms with Crippen molar-refractivity contribution < 1.29 is 0 Å². The Hall–Kier alpha value is -0.710. The highest BCUT2D eigenvalue weighted by molar-refractivity contribution is 9.10. The van der Waals surface area contributed by atoms with Crippen LogP contribution in [0.3, 0.4) is 0 Å². The molecule has 1 atom stereocenters. The van der Waals surface area contributed by atoms with Gasteiger partial charge in [0.2, 0.25) is 0 Å². The molecular weight excluding hydrogens is 308 g/mol. The molecule has 1 aliphatic heterocycles. The first-order chi connectivity index (χ1) is 8.81. The predicted octanol–water partition coefficient (Wildman–Crippen LogP) is 3.72. The highest BCUT2D eigenvalue weighted by atomic mass is 79.9. The molecule has 0 aliphatic carbocycles. The predicted molar refractivity (Wildman–Crippen MR) is 79.9 cm³/mol. The molecule has 2 nitrogen and oxygen atoms in total. The summed E-state index contributed by atoms with van der Waals surface area (Å²) in [5, 5.41) is 6.84. The van der Waals surface area contributed by atoms with Crippen molar-refractivity contribution in [1.29, 1.82) is 0 Å². The zero-order valence-corrected chi connectivity index (χ0v) is 12.4. The van der Waals surface area contributed by atoms with Crippen molar-refractivity contribution in [3.05, 3.63) is 39.1 Å². The van der Waals surface area contributed by atoms with Crippen LogP contribution in [0.25, 0.3) is 11.3 Å². The first-order valence-corrected chi connectivity index (χ1v) is 7.89. The molecule has 1 N–H and O–H groups in total. The second-order valence-corrected chi connectivity index (χ2v) is 6.56. The molecule has 3 rings (SSSR count). The quantitative estimate of drug-likeness (QED) is 0.931. The summed E-state index contributed by atoms with van der Waals surface area (Å²) in [6.45, 7) is 2.31. The van der Waals surface area contributed by atoms with Crippen LogP contribution in [0.5, 0.6) is 0 Å². The van der Waals surface area contributed by atoms with Gasteiger partial charge in [-0.05, 0) is 37.6 Å². The third kappa shape index (κ3) is 2.82. The summed E-state index contributed by atoms with van der Waals surface area (Å²) >= 11 is 5.29. The number of aromatic nitrogens is 1. The van der Waals surface area contributed by atoms with E-state index in [1.807, 2.05) is 6.07 Å². The number of nitrogens with one attached hydrogen (secondary N) is 1. The Bertz CT molecular complexity index is 532. The number of nitrogens with zero attached hydrogens (tertiary/aromatic N) is 1. The molecule has 1 aromatic heterocycles. The van der Waals surface area contributed by atoms with Gasteiger partial charge in [-0.2, -0.15) is 0 Å². The van der Waals surface area contributed by atoms with Crippen LogP contribution in [-0.2, 0) is 6.42 Å². The Balaban J connectivity index is 1.76. The molecule has 0 bridgehead atoms. The first-order valence-electron chi connectivity index (χ1n) is 6.22. The van der Waals surface area contributed by atoms with Crippen molar-refractivity contribution in [2.45, 2.75) is 12.8 Å². The zero-order valence-electron chi connectivity index (χ0n) is 10.0. The summed E-state index contributed by atoms with van der Waals surface area (Å²) in [6, 6.07) is 8.33. The van der Waals surface area contributed by atoms with Crippen molar-refractivity contribution in [1.82, 2.24) is 10.3 Å². The van der Waals surface area contributed by atoms with Gasteiger partial charge in [0.25, 0.3) is 0 Å². The van der Waals surface area contributed by atoms with Gasteiger partial charge in [0.05, 0.1) is 10.7 Å². The number of hydrogen-bond donors (Lipinski definition) is 1. The minimum absolute atomic E-state index is 0.770. The molecule has 2 aromatic rings. The van der Waals surface area contributed by atoms with Crippen molar-refractivity contribution in [2.75, 3.05) is 13.1 Å². The Morgan fingerprint density at radius 2 is 2.39 bits per heavy atom. The molecule has 1 saturated heterocycles. The lowest BCUT2D eigenvalue weighted by molar-refractivity contribution is 0.578. The van der Waals surface area contributed by atoms with Crippen LogP contribution in [0, 0.1) is 5.92 Å². The minimum atomic E-state index is 0.770. The second-order valence-electron chi connectivity index (χ2n) is 4.70. The third-order valence-corrected chi connectivity index (χ3v) is 4.66. The number of rotatable bonds is 3. The Kier molecular flexibility index (Phi) is 3.77. The Labute approximate surface area is 120 Å². The van der Waals surface area contributed by atoms with E-state index in [0.717, 1.165) is 35.6 Å². The topological polar surface area (TPSA) is 24.9 Å². The number of halogens is 1. The van der Waals surface area contributed by atoms with Crippen LogP contribution in [0.4, 0.5) is 0 Å². The molecule has 1 aliphatic rings. The summed E-state index contributed by atoms with van der Waals surface area (Å²) in [7, 11) is 0. The van der Waals surface area contributed by atoms with Gasteiger partial charge in [0, 0.05) is 21.8 Å². The van der Waals surface area contributed by atoms with Crippen LogP contribution in [-0.4, -0.2) is 18.1 Å². The molecule has 1 unspecified atom stereocenters. The van der Waals surface area contributed by atoms with Crippen LogP contribution in [0.1, 0.15) is 11.4 Å². The molecule has 0 saturated carbocycles. The second kappa shape index (κ2) is 5.51. The maximum Gasteiger partial charge on any atom is 0.0935 e. The number of benzene rings is 1. The van der Waals surface area contributed by atoms with Crippen molar-refractivity contribution in [2.24, 2.45) is 5.92 Å². The van der Waals surface area contributed by atoms with E-state index in [2.05, 4.69) is 44.8 Å². The molecule has 2 heterocycles. The van der Waals surface area contributed by atoms with Crippen LogP contribution in [0.15, 0.2) is 34.1 Å². The molecule has 94 valence electrons. The van der Waals surface area contributed by atoms with Gasteiger partial charge < -0.3 is 5.32 Å². The summed E-state index contributed by atoms with van der Waals surface area (Å²) < 4.78 is 1.11. The summed E-state index contributed by atoms with van der Waals surface area (Å²) in [4.78, 5) is 4.76. The fourth-order valence-corrected chi connectivity index (χ4v) is 3.64. The maximum atomic E-state index is 4.76. The molecule has 0 amide bonds. The average molecular weight is 323 g/mol. The average Bonchev–Trinajstić information content (AvgIpc) is 3.01. The van der Waals surface area contributed by atoms with Gasteiger partial charge in [-0.15, -0.1) is 11.3 Å². The van der Waals surface area contributed by atoms with E-state index in [4.69, 9.17) is 4.98 Å². The normalized spacial score (nSPS) is 19.3. The van der Waals surface area contributed by atoms with Gasteiger partial charge in [-0.25, -0.2) is 4.98 Å². The molecule has 18 heavy (non-hydrogen) atoms. The lowest BCUT2D eigenvalue weighted by Crippen LogP contribution is -2.10. The minimum Gasteiger partial charge on any atom is -0.316 e. The van der Waals surface area contributed by atoms with Crippen molar-refractivity contribution >= 4 is 27.3 Å². The zero-order chi connectivity index (χ0) is 12.4. The van der Waals surface area contributed by atoms with E-state index in [1.165, 1.54) is 17.0 Å². The van der Waals surface area contributed by atoms with E-state index in [9.17, 15) is 0 Å². The van der Waals surface area contributed by atoms with Gasteiger partial charge in [-0.3, -0.25) is 0 Å². The van der Waals surface area contributed by atoms with Crippen LogP contribution < -0.4 is 5.32 Å². The van der Waals surface area contributed by atoms with E-state index >= 15 is 0 Å². The van der Waals surface area contributed by atoms with Crippen LogP contribution >= 0.6 is 27.3 Å². The fourth-order valence-electron chi connectivity index (χ4n) is 2.32. The van der Waals surface area contributed by atoms with E-state index in [0.29, 0.717) is 0 Å². The standard InChI is InChI=1S/C14H15BrN2S/c15-12-3-1-2-11(7-12)13-9-18-14(17-13)6-10-4-5-16-8-10/h1-3,7,9-10,16H,4-6,8H2. The smallest absolute Gasteiger partial charge is 0.0935 e. The van der Waals surface area contributed by atoms with E-state index in [-0.39, 0.29) is 0 Å². The largest absolute Gasteiger partial charge is 0.316 e.